The van der Waals surface area contributed by atoms with E-state index in [9.17, 15) is 5.11 Å². The molecule has 2 unspecified atom stereocenters. The van der Waals surface area contributed by atoms with Gasteiger partial charge < -0.3 is 10.0 Å². The first-order chi connectivity index (χ1) is 9.49. The van der Waals surface area contributed by atoms with E-state index in [2.05, 4.69) is 58.4 Å². The third-order valence-electron chi connectivity index (χ3n) is 3.56. The van der Waals surface area contributed by atoms with E-state index in [1.807, 2.05) is 19.1 Å². The zero-order valence-electron chi connectivity index (χ0n) is 12.0. The summed E-state index contributed by atoms with van der Waals surface area (Å²) in [6, 6.07) is 10.7. The lowest BCUT2D eigenvalue weighted by molar-refractivity contribution is 0.199. The van der Waals surface area contributed by atoms with Crippen LogP contribution in [0.25, 0.3) is 0 Å². The molecule has 4 heteroatoms. The average molecular weight is 354 g/mol. The number of aliphatic hydroxyl groups is 1. The summed E-state index contributed by atoms with van der Waals surface area (Å²) in [5.41, 5.74) is 2.05. The molecule has 2 nitrogen and oxygen atoms in total. The Morgan fingerprint density at radius 3 is 2.65 bits per heavy atom. The van der Waals surface area contributed by atoms with Gasteiger partial charge in [-0.25, -0.2) is 0 Å². The second kappa shape index (κ2) is 6.74. The van der Waals surface area contributed by atoms with Crippen LogP contribution in [0, 0.1) is 0 Å². The van der Waals surface area contributed by atoms with Crippen molar-refractivity contribution in [2.24, 2.45) is 0 Å². The first-order valence-corrected chi connectivity index (χ1v) is 8.39. The van der Waals surface area contributed by atoms with Crippen molar-refractivity contribution in [1.82, 2.24) is 0 Å². The molecule has 1 aromatic heterocycles. The van der Waals surface area contributed by atoms with Crippen molar-refractivity contribution >= 4 is 33.0 Å². The number of benzene rings is 1. The highest BCUT2D eigenvalue weighted by molar-refractivity contribution is 9.10. The van der Waals surface area contributed by atoms with Crippen LogP contribution in [-0.4, -0.2) is 18.2 Å². The minimum atomic E-state index is -0.473. The molecule has 1 heterocycles. The fourth-order valence-electron chi connectivity index (χ4n) is 2.28. The van der Waals surface area contributed by atoms with Gasteiger partial charge in [-0.05, 0) is 43.5 Å². The van der Waals surface area contributed by atoms with Crippen LogP contribution in [0.5, 0.6) is 0 Å². The van der Waals surface area contributed by atoms with E-state index in [1.54, 1.807) is 11.3 Å². The molecular weight excluding hydrogens is 334 g/mol. The number of hydrogen-bond acceptors (Lipinski definition) is 3. The van der Waals surface area contributed by atoms with E-state index in [1.165, 1.54) is 4.88 Å². The second-order valence-corrected chi connectivity index (χ2v) is 7.07. The molecule has 0 saturated heterocycles. The highest BCUT2D eigenvalue weighted by Gasteiger charge is 2.17. The number of anilines is 1. The Labute approximate surface area is 133 Å². The highest BCUT2D eigenvalue weighted by Crippen LogP contribution is 2.30. The summed E-state index contributed by atoms with van der Waals surface area (Å²) in [6.07, 6.45) is 0.544. The number of rotatable bonds is 5. The molecule has 20 heavy (non-hydrogen) atoms. The Hall–Kier alpha value is -0.840. The standard InChI is InChI=1S/C16H20BrNOS/c1-11(9-14-5-4-8-20-14)18(3)16-7-6-13(17)10-15(16)12(2)19/h4-8,10-12,19H,9H2,1-3H3. The van der Waals surface area contributed by atoms with Crippen LogP contribution in [0.2, 0.25) is 0 Å². The van der Waals surface area contributed by atoms with Gasteiger partial charge >= 0.3 is 0 Å². The molecule has 0 amide bonds. The monoisotopic (exact) mass is 353 g/mol. The molecule has 0 aliphatic rings. The number of aliphatic hydroxyl groups excluding tert-OH is 1. The number of halogens is 1. The van der Waals surface area contributed by atoms with Crippen molar-refractivity contribution in [3.05, 3.63) is 50.6 Å². The Morgan fingerprint density at radius 2 is 2.05 bits per heavy atom. The van der Waals surface area contributed by atoms with Crippen molar-refractivity contribution in [3.8, 4) is 0 Å². The van der Waals surface area contributed by atoms with E-state index in [0.717, 1.165) is 22.1 Å². The minimum absolute atomic E-state index is 0.382. The minimum Gasteiger partial charge on any atom is -0.389 e. The average Bonchev–Trinajstić information content (AvgIpc) is 2.90. The summed E-state index contributed by atoms with van der Waals surface area (Å²) in [5.74, 6) is 0. The van der Waals surface area contributed by atoms with E-state index in [4.69, 9.17) is 0 Å². The summed E-state index contributed by atoms with van der Waals surface area (Å²) in [5, 5.41) is 12.1. The smallest absolute Gasteiger partial charge is 0.0782 e. The summed E-state index contributed by atoms with van der Waals surface area (Å²) in [6.45, 7) is 4.02. The zero-order valence-corrected chi connectivity index (χ0v) is 14.4. The summed E-state index contributed by atoms with van der Waals surface area (Å²) < 4.78 is 0.997. The Kier molecular flexibility index (Phi) is 5.24. The molecule has 0 fully saturated rings. The molecule has 0 aliphatic carbocycles. The van der Waals surface area contributed by atoms with Crippen LogP contribution in [0.3, 0.4) is 0 Å². The largest absolute Gasteiger partial charge is 0.389 e. The summed E-state index contributed by atoms with van der Waals surface area (Å²) >= 11 is 5.26. The van der Waals surface area contributed by atoms with Crippen molar-refractivity contribution in [1.29, 1.82) is 0 Å². The van der Waals surface area contributed by atoms with Gasteiger partial charge in [0.1, 0.15) is 0 Å². The van der Waals surface area contributed by atoms with Gasteiger partial charge in [0.25, 0.3) is 0 Å². The molecule has 2 aromatic rings. The number of likely N-dealkylation sites (N-methyl/N-ethyl adjacent to an activating group) is 1. The molecular formula is C16H20BrNOS. The predicted molar refractivity (Wildman–Crippen MR) is 90.7 cm³/mol. The number of hydrogen-bond donors (Lipinski definition) is 1. The van der Waals surface area contributed by atoms with Crippen LogP contribution >= 0.6 is 27.3 Å². The van der Waals surface area contributed by atoms with E-state index in [-0.39, 0.29) is 0 Å². The van der Waals surface area contributed by atoms with E-state index >= 15 is 0 Å². The van der Waals surface area contributed by atoms with Crippen LogP contribution in [-0.2, 0) is 6.42 Å². The van der Waals surface area contributed by atoms with Crippen molar-refractivity contribution < 1.29 is 5.11 Å². The molecule has 108 valence electrons. The molecule has 0 bridgehead atoms. The van der Waals surface area contributed by atoms with Gasteiger partial charge in [0, 0.05) is 40.1 Å². The molecule has 0 spiro atoms. The maximum atomic E-state index is 9.97. The van der Waals surface area contributed by atoms with Gasteiger partial charge in [0.05, 0.1) is 6.10 Å². The molecule has 2 rings (SSSR count). The van der Waals surface area contributed by atoms with Gasteiger partial charge in [0.15, 0.2) is 0 Å². The van der Waals surface area contributed by atoms with Gasteiger partial charge in [-0.15, -0.1) is 11.3 Å². The maximum absolute atomic E-state index is 9.97. The number of nitrogens with zero attached hydrogens (tertiary/aromatic N) is 1. The maximum Gasteiger partial charge on any atom is 0.0782 e. The van der Waals surface area contributed by atoms with Crippen LogP contribution in [0.1, 0.15) is 30.4 Å². The summed E-state index contributed by atoms with van der Waals surface area (Å²) in [4.78, 5) is 3.63. The lowest BCUT2D eigenvalue weighted by atomic mass is 10.1. The zero-order chi connectivity index (χ0) is 14.7. The third-order valence-corrected chi connectivity index (χ3v) is 4.95. The fourth-order valence-corrected chi connectivity index (χ4v) is 3.48. The predicted octanol–water partition coefficient (Wildman–Crippen LogP) is 4.63. The van der Waals surface area contributed by atoms with Gasteiger partial charge in [0.2, 0.25) is 0 Å². The van der Waals surface area contributed by atoms with Gasteiger partial charge in [-0.3, -0.25) is 0 Å². The van der Waals surface area contributed by atoms with Crippen molar-refractivity contribution in [2.45, 2.75) is 32.4 Å². The highest BCUT2D eigenvalue weighted by atomic mass is 79.9. The quantitative estimate of drug-likeness (QED) is 0.846. The first-order valence-electron chi connectivity index (χ1n) is 6.71. The molecule has 0 saturated carbocycles. The molecule has 1 N–H and O–H groups in total. The molecule has 1 aromatic carbocycles. The lowest BCUT2D eigenvalue weighted by Gasteiger charge is -2.29. The van der Waals surface area contributed by atoms with Crippen molar-refractivity contribution in [2.75, 3.05) is 11.9 Å². The SMILES string of the molecule is CC(O)c1cc(Br)ccc1N(C)C(C)Cc1cccs1. The molecule has 0 aliphatic heterocycles. The van der Waals surface area contributed by atoms with Gasteiger partial charge in [-0.2, -0.15) is 0 Å². The van der Waals surface area contributed by atoms with Gasteiger partial charge in [-0.1, -0.05) is 22.0 Å². The van der Waals surface area contributed by atoms with Crippen LogP contribution < -0.4 is 4.90 Å². The van der Waals surface area contributed by atoms with Crippen LogP contribution in [0.4, 0.5) is 5.69 Å². The van der Waals surface area contributed by atoms with Crippen LogP contribution in [0.15, 0.2) is 40.2 Å². The Morgan fingerprint density at radius 1 is 1.30 bits per heavy atom. The fraction of sp³-hybridized carbons (Fsp3) is 0.375. The van der Waals surface area contributed by atoms with E-state index in [0.29, 0.717) is 6.04 Å². The van der Waals surface area contributed by atoms with E-state index < -0.39 is 6.10 Å². The first kappa shape index (κ1) is 15.5. The normalized spacial score (nSPS) is 14.1. The molecule has 2 atom stereocenters. The Bertz CT molecular complexity index is 554. The second-order valence-electron chi connectivity index (χ2n) is 5.12. The lowest BCUT2D eigenvalue weighted by Crippen LogP contribution is -2.31. The third kappa shape index (κ3) is 3.62. The topological polar surface area (TPSA) is 23.5 Å². The molecule has 0 radical (unpaired) electrons. The van der Waals surface area contributed by atoms with Crippen molar-refractivity contribution in [3.63, 3.8) is 0 Å². The summed E-state index contributed by atoms with van der Waals surface area (Å²) in [7, 11) is 2.09. The Balaban J connectivity index is 2.21. The number of thiophene rings is 1.